The number of likely N-dealkylation sites (N-methyl/N-ethyl adjacent to an activating group) is 1. The molecule has 4 nitrogen and oxygen atoms in total. The predicted molar refractivity (Wildman–Crippen MR) is 135 cm³/mol. The number of benzene rings is 3. The number of para-hydroxylation sites is 3. The number of methoxy groups -OCH3 is 2. The molecule has 33 heavy (non-hydrogen) atoms. The molecule has 172 valence electrons. The first-order chi connectivity index (χ1) is 16.2. The van der Waals surface area contributed by atoms with Gasteiger partial charge in [-0.15, -0.1) is 0 Å². The minimum atomic E-state index is -0.138. The van der Waals surface area contributed by atoms with Gasteiger partial charge in [-0.2, -0.15) is 0 Å². The van der Waals surface area contributed by atoms with Crippen molar-refractivity contribution in [2.75, 3.05) is 45.8 Å². The molecule has 0 aliphatic carbocycles. The second-order valence-electron chi connectivity index (χ2n) is 9.36. The van der Waals surface area contributed by atoms with Crippen molar-refractivity contribution in [1.82, 2.24) is 4.90 Å². The van der Waals surface area contributed by atoms with Gasteiger partial charge in [-0.05, 0) is 55.6 Å². The number of hydrogen-bond acceptors (Lipinski definition) is 4. The predicted octanol–water partition coefficient (Wildman–Crippen LogP) is 5.44. The van der Waals surface area contributed by atoms with Crippen molar-refractivity contribution in [2.24, 2.45) is 5.92 Å². The molecule has 3 aliphatic heterocycles. The molecule has 0 amide bonds. The van der Waals surface area contributed by atoms with E-state index in [0.717, 1.165) is 23.7 Å². The lowest BCUT2D eigenvalue weighted by Gasteiger charge is -2.61. The minimum absolute atomic E-state index is 0.138. The van der Waals surface area contributed by atoms with E-state index >= 15 is 0 Å². The molecule has 3 fully saturated rings. The Labute approximate surface area is 197 Å². The second-order valence-corrected chi connectivity index (χ2v) is 9.36. The molecule has 2 atom stereocenters. The van der Waals surface area contributed by atoms with E-state index in [4.69, 9.17) is 9.47 Å². The summed E-state index contributed by atoms with van der Waals surface area (Å²) in [5.74, 6) is 2.59. The van der Waals surface area contributed by atoms with Crippen molar-refractivity contribution >= 4 is 5.69 Å². The fourth-order valence-corrected chi connectivity index (χ4v) is 6.40. The Morgan fingerprint density at radius 3 is 2.06 bits per heavy atom. The largest absolute Gasteiger partial charge is 0.496 e. The van der Waals surface area contributed by atoms with E-state index in [1.165, 1.54) is 37.1 Å². The SMILES string of the molecule is COc1ccccc1[C@@H](c1ccccc1)[C@@]1(N(C)c2ccccc2OC)CN2CCC1CC2. The molecule has 0 radical (unpaired) electrons. The quantitative estimate of drug-likeness (QED) is 0.487. The van der Waals surface area contributed by atoms with Gasteiger partial charge >= 0.3 is 0 Å². The molecule has 3 aliphatic rings. The first-order valence-electron chi connectivity index (χ1n) is 12.0. The van der Waals surface area contributed by atoms with Gasteiger partial charge in [-0.1, -0.05) is 60.7 Å². The normalized spacial score (nSPS) is 24.8. The van der Waals surface area contributed by atoms with Gasteiger partial charge in [-0.3, -0.25) is 0 Å². The lowest BCUT2D eigenvalue weighted by Crippen LogP contribution is -2.69. The first-order valence-corrected chi connectivity index (χ1v) is 12.0. The highest BCUT2D eigenvalue weighted by Gasteiger charge is 2.55. The Balaban J connectivity index is 1.77. The van der Waals surface area contributed by atoms with E-state index < -0.39 is 0 Å². The maximum absolute atomic E-state index is 5.94. The van der Waals surface area contributed by atoms with Gasteiger partial charge in [0.05, 0.1) is 25.4 Å². The summed E-state index contributed by atoms with van der Waals surface area (Å²) in [5, 5.41) is 0. The van der Waals surface area contributed by atoms with E-state index in [0.29, 0.717) is 5.92 Å². The molecule has 3 aromatic rings. The summed E-state index contributed by atoms with van der Waals surface area (Å²) in [6.45, 7) is 3.38. The van der Waals surface area contributed by atoms with Crippen LogP contribution in [0.4, 0.5) is 5.69 Å². The highest BCUT2D eigenvalue weighted by molar-refractivity contribution is 5.62. The smallest absolute Gasteiger partial charge is 0.142 e. The van der Waals surface area contributed by atoms with Crippen LogP contribution in [0.25, 0.3) is 0 Å². The van der Waals surface area contributed by atoms with Crippen LogP contribution < -0.4 is 14.4 Å². The van der Waals surface area contributed by atoms with Gasteiger partial charge in [0.15, 0.2) is 0 Å². The molecule has 4 heteroatoms. The average molecular weight is 443 g/mol. The van der Waals surface area contributed by atoms with Crippen LogP contribution in [0.3, 0.4) is 0 Å². The molecule has 2 bridgehead atoms. The molecule has 0 aromatic heterocycles. The molecule has 0 unspecified atom stereocenters. The molecule has 0 saturated carbocycles. The third-order valence-corrected chi connectivity index (χ3v) is 7.93. The molecule has 3 heterocycles. The van der Waals surface area contributed by atoms with Crippen LogP contribution in [0, 0.1) is 5.92 Å². The van der Waals surface area contributed by atoms with Gasteiger partial charge in [0, 0.05) is 25.1 Å². The summed E-state index contributed by atoms with van der Waals surface area (Å²) in [6.07, 6.45) is 2.41. The fourth-order valence-electron chi connectivity index (χ4n) is 6.40. The topological polar surface area (TPSA) is 24.9 Å². The zero-order chi connectivity index (χ0) is 22.8. The summed E-state index contributed by atoms with van der Waals surface area (Å²) in [6, 6.07) is 28.0. The van der Waals surface area contributed by atoms with E-state index in [2.05, 4.69) is 89.6 Å². The highest BCUT2D eigenvalue weighted by atomic mass is 16.5. The van der Waals surface area contributed by atoms with Crippen molar-refractivity contribution in [2.45, 2.75) is 24.3 Å². The Kier molecular flexibility index (Phi) is 6.03. The number of rotatable bonds is 7. The molecule has 0 N–H and O–H groups in total. The fraction of sp³-hybridized carbons (Fsp3) is 0.379. The maximum atomic E-state index is 5.94. The summed E-state index contributed by atoms with van der Waals surface area (Å²) in [4.78, 5) is 5.18. The van der Waals surface area contributed by atoms with Gasteiger partial charge in [0.2, 0.25) is 0 Å². The standard InChI is InChI=1S/C29H34N2O2/c1-30(25-14-8-10-16-27(25)33-3)29(21-31-19-17-23(29)18-20-31)28(22-11-5-4-6-12-22)24-13-7-9-15-26(24)32-2/h4-16,23,28H,17-21H2,1-3H3/t28-,29-/m1/s1. The Morgan fingerprint density at radius 2 is 1.42 bits per heavy atom. The lowest BCUT2D eigenvalue weighted by atomic mass is 9.61. The van der Waals surface area contributed by atoms with E-state index in [9.17, 15) is 0 Å². The van der Waals surface area contributed by atoms with Crippen LogP contribution in [-0.4, -0.2) is 51.3 Å². The zero-order valence-corrected chi connectivity index (χ0v) is 19.9. The van der Waals surface area contributed by atoms with Crippen molar-refractivity contribution < 1.29 is 9.47 Å². The van der Waals surface area contributed by atoms with Gasteiger partial charge in [0.25, 0.3) is 0 Å². The number of hydrogen-bond donors (Lipinski definition) is 0. The Morgan fingerprint density at radius 1 is 0.818 bits per heavy atom. The molecule has 3 aromatic carbocycles. The third kappa shape index (κ3) is 3.67. The number of ether oxygens (including phenoxy) is 2. The van der Waals surface area contributed by atoms with Gasteiger partial charge in [0.1, 0.15) is 11.5 Å². The van der Waals surface area contributed by atoms with Gasteiger partial charge < -0.3 is 19.3 Å². The number of fused-ring (bicyclic) bond motifs is 3. The van der Waals surface area contributed by atoms with Crippen molar-refractivity contribution in [3.05, 3.63) is 90.0 Å². The average Bonchev–Trinajstić information content (AvgIpc) is 2.90. The first kappa shape index (κ1) is 21.8. The summed E-state index contributed by atoms with van der Waals surface area (Å²) in [5.41, 5.74) is 3.59. The van der Waals surface area contributed by atoms with Crippen LogP contribution in [0.1, 0.15) is 29.9 Å². The van der Waals surface area contributed by atoms with E-state index in [1.54, 1.807) is 14.2 Å². The monoisotopic (exact) mass is 442 g/mol. The van der Waals surface area contributed by atoms with Crippen LogP contribution >= 0.6 is 0 Å². The van der Waals surface area contributed by atoms with E-state index in [1.807, 2.05) is 6.07 Å². The highest BCUT2D eigenvalue weighted by Crippen LogP contribution is 2.53. The third-order valence-electron chi connectivity index (χ3n) is 7.93. The van der Waals surface area contributed by atoms with Crippen LogP contribution in [0.5, 0.6) is 11.5 Å². The molecular weight excluding hydrogens is 408 g/mol. The zero-order valence-electron chi connectivity index (χ0n) is 19.9. The molecule has 6 rings (SSSR count). The second kappa shape index (κ2) is 9.11. The summed E-state index contributed by atoms with van der Waals surface area (Å²) >= 11 is 0. The lowest BCUT2D eigenvalue weighted by molar-refractivity contribution is 0.0165. The number of piperidine rings is 3. The molecule has 0 spiro atoms. The minimum Gasteiger partial charge on any atom is -0.496 e. The Hall–Kier alpha value is -2.98. The van der Waals surface area contributed by atoms with E-state index in [-0.39, 0.29) is 11.5 Å². The maximum Gasteiger partial charge on any atom is 0.142 e. The van der Waals surface area contributed by atoms with Crippen molar-refractivity contribution in [3.63, 3.8) is 0 Å². The van der Waals surface area contributed by atoms with Crippen molar-refractivity contribution in [3.8, 4) is 11.5 Å². The summed E-state index contributed by atoms with van der Waals surface area (Å²) in [7, 11) is 5.82. The van der Waals surface area contributed by atoms with Gasteiger partial charge in [-0.25, -0.2) is 0 Å². The van der Waals surface area contributed by atoms with Crippen LogP contribution in [0.15, 0.2) is 78.9 Å². The van der Waals surface area contributed by atoms with Crippen LogP contribution in [-0.2, 0) is 0 Å². The molecule has 3 saturated heterocycles. The van der Waals surface area contributed by atoms with Crippen LogP contribution in [0.2, 0.25) is 0 Å². The molecular formula is C29H34N2O2. The Bertz CT molecular complexity index is 1080. The number of nitrogens with zero attached hydrogens (tertiary/aromatic N) is 2. The van der Waals surface area contributed by atoms with Crippen molar-refractivity contribution in [1.29, 1.82) is 0 Å². The number of anilines is 1. The summed E-state index contributed by atoms with van der Waals surface area (Å²) < 4.78 is 11.8.